The number of hydrogen-bond donors (Lipinski definition) is 2. The molecular formula is C15H31NO. The maximum Gasteiger partial charge on any atom is 0.0743 e. The predicted octanol–water partition coefficient (Wildman–Crippen LogP) is 3.49. The summed E-state index contributed by atoms with van der Waals surface area (Å²) in [6.45, 7) is 7.12. The predicted molar refractivity (Wildman–Crippen MR) is 74.2 cm³/mol. The first-order valence-corrected chi connectivity index (χ1v) is 7.53. The van der Waals surface area contributed by atoms with E-state index in [0.29, 0.717) is 6.04 Å². The fourth-order valence-electron chi connectivity index (χ4n) is 3.05. The second-order valence-electron chi connectivity index (χ2n) is 6.13. The standard InChI is InChI=1S/C15H31NO/c1-4-6-13-7-9-14(10-8-13)16-12-15(3,17)11-5-2/h13-14,16-17H,4-12H2,1-3H3. The van der Waals surface area contributed by atoms with Gasteiger partial charge in [0.25, 0.3) is 0 Å². The summed E-state index contributed by atoms with van der Waals surface area (Å²) in [6, 6.07) is 0.645. The molecule has 0 aromatic rings. The quantitative estimate of drug-likeness (QED) is 0.715. The van der Waals surface area contributed by atoms with Crippen LogP contribution in [0.1, 0.15) is 72.1 Å². The van der Waals surface area contributed by atoms with E-state index < -0.39 is 5.60 Å². The molecule has 0 aromatic heterocycles. The van der Waals surface area contributed by atoms with Crippen LogP contribution in [0.5, 0.6) is 0 Å². The molecule has 0 aliphatic heterocycles. The third-order valence-electron chi connectivity index (χ3n) is 4.10. The second kappa shape index (κ2) is 7.38. The Morgan fingerprint density at radius 1 is 1.12 bits per heavy atom. The molecule has 0 heterocycles. The Morgan fingerprint density at radius 3 is 2.29 bits per heavy atom. The van der Waals surface area contributed by atoms with E-state index in [1.54, 1.807) is 0 Å². The summed E-state index contributed by atoms with van der Waals surface area (Å²) in [6.07, 6.45) is 10.0. The lowest BCUT2D eigenvalue weighted by molar-refractivity contribution is 0.0449. The molecule has 17 heavy (non-hydrogen) atoms. The zero-order chi connectivity index (χ0) is 12.7. The highest BCUT2D eigenvalue weighted by molar-refractivity contribution is 4.81. The van der Waals surface area contributed by atoms with E-state index in [2.05, 4.69) is 19.2 Å². The molecule has 0 bridgehead atoms. The van der Waals surface area contributed by atoms with Crippen molar-refractivity contribution in [2.24, 2.45) is 5.92 Å². The van der Waals surface area contributed by atoms with Crippen LogP contribution >= 0.6 is 0 Å². The van der Waals surface area contributed by atoms with Gasteiger partial charge in [-0.2, -0.15) is 0 Å². The minimum Gasteiger partial charge on any atom is -0.389 e. The topological polar surface area (TPSA) is 32.3 Å². The third kappa shape index (κ3) is 5.87. The number of hydrogen-bond acceptors (Lipinski definition) is 2. The smallest absolute Gasteiger partial charge is 0.0743 e. The summed E-state index contributed by atoms with van der Waals surface area (Å²) >= 11 is 0. The van der Waals surface area contributed by atoms with E-state index in [4.69, 9.17) is 0 Å². The third-order valence-corrected chi connectivity index (χ3v) is 4.10. The molecule has 2 heteroatoms. The van der Waals surface area contributed by atoms with Crippen LogP contribution in [0.3, 0.4) is 0 Å². The maximum atomic E-state index is 10.1. The highest BCUT2D eigenvalue weighted by Gasteiger charge is 2.24. The largest absolute Gasteiger partial charge is 0.389 e. The van der Waals surface area contributed by atoms with Gasteiger partial charge in [0.2, 0.25) is 0 Å². The molecule has 1 rings (SSSR count). The first-order valence-electron chi connectivity index (χ1n) is 7.53. The minimum atomic E-state index is -0.519. The van der Waals surface area contributed by atoms with Crippen molar-refractivity contribution >= 4 is 0 Å². The first-order chi connectivity index (χ1) is 8.07. The van der Waals surface area contributed by atoms with Crippen molar-refractivity contribution in [2.75, 3.05) is 6.54 Å². The van der Waals surface area contributed by atoms with Crippen molar-refractivity contribution in [2.45, 2.75) is 83.8 Å². The Balaban J connectivity index is 2.17. The summed E-state index contributed by atoms with van der Waals surface area (Å²) in [5, 5.41) is 13.7. The second-order valence-corrected chi connectivity index (χ2v) is 6.13. The van der Waals surface area contributed by atoms with Gasteiger partial charge in [-0.25, -0.2) is 0 Å². The van der Waals surface area contributed by atoms with Gasteiger partial charge in [-0.1, -0.05) is 33.1 Å². The highest BCUT2D eigenvalue weighted by Crippen LogP contribution is 2.27. The molecule has 102 valence electrons. The number of rotatable bonds is 7. The van der Waals surface area contributed by atoms with Crippen molar-refractivity contribution in [3.63, 3.8) is 0 Å². The molecular weight excluding hydrogens is 210 g/mol. The van der Waals surface area contributed by atoms with Crippen molar-refractivity contribution in [3.8, 4) is 0 Å². The van der Waals surface area contributed by atoms with Crippen LogP contribution in [0.15, 0.2) is 0 Å². The molecule has 0 saturated heterocycles. The van der Waals surface area contributed by atoms with Gasteiger partial charge in [0.05, 0.1) is 5.60 Å². The average molecular weight is 241 g/mol. The molecule has 0 radical (unpaired) electrons. The molecule has 2 nitrogen and oxygen atoms in total. The van der Waals surface area contributed by atoms with Crippen molar-refractivity contribution in [1.29, 1.82) is 0 Å². The monoisotopic (exact) mass is 241 g/mol. The Kier molecular flexibility index (Phi) is 6.50. The maximum absolute atomic E-state index is 10.1. The Labute approximate surface area is 107 Å². The summed E-state index contributed by atoms with van der Waals surface area (Å²) in [5.74, 6) is 0.967. The first kappa shape index (κ1) is 15.0. The zero-order valence-electron chi connectivity index (χ0n) is 12.0. The number of nitrogens with one attached hydrogen (secondary N) is 1. The van der Waals surface area contributed by atoms with Gasteiger partial charge in [-0.05, 0) is 44.9 Å². The highest BCUT2D eigenvalue weighted by atomic mass is 16.3. The summed E-state index contributed by atoms with van der Waals surface area (Å²) in [4.78, 5) is 0. The molecule has 1 saturated carbocycles. The van der Waals surface area contributed by atoms with Crippen LogP contribution in [0.25, 0.3) is 0 Å². The van der Waals surface area contributed by atoms with Crippen molar-refractivity contribution < 1.29 is 5.11 Å². The van der Waals surface area contributed by atoms with Gasteiger partial charge in [0.1, 0.15) is 0 Å². The van der Waals surface area contributed by atoms with Gasteiger partial charge >= 0.3 is 0 Å². The normalized spacial score (nSPS) is 28.9. The average Bonchev–Trinajstić information content (AvgIpc) is 2.29. The zero-order valence-corrected chi connectivity index (χ0v) is 12.0. The van der Waals surface area contributed by atoms with E-state index >= 15 is 0 Å². The van der Waals surface area contributed by atoms with Crippen LogP contribution in [0.4, 0.5) is 0 Å². The SMILES string of the molecule is CCCC1CCC(NCC(C)(O)CCC)CC1. The Morgan fingerprint density at radius 2 is 1.76 bits per heavy atom. The Bertz CT molecular complexity index is 195. The molecule has 1 fully saturated rings. The number of aliphatic hydroxyl groups is 1. The summed E-state index contributed by atoms with van der Waals surface area (Å²) < 4.78 is 0. The fourth-order valence-corrected chi connectivity index (χ4v) is 3.05. The molecule has 1 aliphatic carbocycles. The van der Waals surface area contributed by atoms with Crippen LogP contribution in [-0.2, 0) is 0 Å². The van der Waals surface area contributed by atoms with Crippen LogP contribution < -0.4 is 5.32 Å². The molecule has 1 aliphatic rings. The summed E-state index contributed by atoms with van der Waals surface area (Å²) in [7, 11) is 0. The van der Waals surface area contributed by atoms with E-state index in [0.717, 1.165) is 25.3 Å². The van der Waals surface area contributed by atoms with Gasteiger partial charge in [0, 0.05) is 12.6 Å². The van der Waals surface area contributed by atoms with E-state index in [1.807, 2.05) is 6.92 Å². The van der Waals surface area contributed by atoms with E-state index in [1.165, 1.54) is 38.5 Å². The molecule has 0 aromatic carbocycles. The minimum absolute atomic E-state index is 0.519. The lowest BCUT2D eigenvalue weighted by Crippen LogP contribution is -2.43. The van der Waals surface area contributed by atoms with Gasteiger partial charge < -0.3 is 10.4 Å². The Hall–Kier alpha value is -0.0800. The molecule has 1 atom stereocenters. The molecule has 2 N–H and O–H groups in total. The molecule has 1 unspecified atom stereocenters. The van der Waals surface area contributed by atoms with Gasteiger partial charge in [-0.15, -0.1) is 0 Å². The molecule has 0 spiro atoms. The summed E-state index contributed by atoms with van der Waals surface area (Å²) in [5.41, 5.74) is -0.519. The lowest BCUT2D eigenvalue weighted by Gasteiger charge is -2.32. The van der Waals surface area contributed by atoms with Gasteiger partial charge in [0.15, 0.2) is 0 Å². The van der Waals surface area contributed by atoms with E-state index in [-0.39, 0.29) is 0 Å². The van der Waals surface area contributed by atoms with Crippen LogP contribution in [0, 0.1) is 5.92 Å². The lowest BCUT2D eigenvalue weighted by atomic mass is 9.83. The molecule has 0 amide bonds. The van der Waals surface area contributed by atoms with Crippen molar-refractivity contribution in [3.05, 3.63) is 0 Å². The van der Waals surface area contributed by atoms with E-state index in [9.17, 15) is 5.11 Å². The van der Waals surface area contributed by atoms with Crippen LogP contribution in [-0.4, -0.2) is 23.3 Å². The fraction of sp³-hybridized carbons (Fsp3) is 1.00. The van der Waals surface area contributed by atoms with Crippen molar-refractivity contribution in [1.82, 2.24) is 5.32 Å². The van der Waals surface area contributed by atoms with Crippen LogP contribution in [0.2, 0.25) is 0 Å². The van der Waals surface area contributed by atoms with Gasteiger partial charge in [-0.3, -0.25) is 0 Å².